The van der Waals surface area contributed by atoms with Crippen LogP contribution in [0.5, 0.6) is 0 Å². The molecule has 0 aliphatic heterocycles. The molecule has 1 aromatic carbocycles. The lowest BCUT2D eigenvalue weighted by Gasteiger charge is -2.03. The van der Waals surface area contributed by atoms with Gasteiger partial charge in [-0.15, -0.1) is 0 Å². The Kier molecular flexibility index (Phi) is 4.60. The van der Waals surface area contributed by atoms with Crippen molar-refractivity contribution in [3.63, 3.8) is 0 Å². The van der Waals surface area contributed by atoms with Crippen molar-refractivity contribution in [3.05, 3.63) is 48.0 Å². The number of hydrogen-bond acceptors (Lipinski definition) is 4. The van der Waals surface area contributed by atoms with Gasteiger partial charge in [0.15, 0.2) is 0 Å². The molecule has 84 valence electrons. The second-order valence-corrected chi connectivity index (χ2v) is 3.13. The van der Waals surface area contributed by atoms with Crippen LogP contribution in [0.15, 0.2) is 36.9 Å². The average molecular weight is 237 g/mol. The molecule has 0 fully saturated rings. The van der Waals surface area contributed by atoms with Crippen LogP contribution in [0.1, 0.15) is 20.7 Å². The Morgan fingerprint density at radius 1 is 1.31 bits per heavy atom. The lowest BCUT2D eigenvalue weighted by Crippen LogP contribution is -2.13. The van der Waals surface area contributed by atoms with E-state index in [0.29, 0.717) is 11.1 Å². The predicted molar refractivity (Wildman–Crippen MR) is 63.4 cm³/mol. The molecule has 16 heavy (non-hydrogen) atoms. The Morgan fingerprint density at radius 2 is 1.88 bits per heavy atom. The number of thiol groups is 1. The van der Waals surface area contributed by atoms with Gasteiger partial charge in [0, 0.05) is 5.56 Å². The monoisotopic (exact) mass is 237 g/mol. The summed E-state index contributed by atoms with van der Waals surface area (Å²) in [4.78, 5) is 22.5. The summed E-state index contributed by atoms with van der Waals surface area (Å²) in [5.41, 5.74) is 0.813. The molecule has 1 amide bonds. The van der Waals surface area contributed by atoms with Gasteiger partial charge in [0.2, 0.25) is 0 Å². The number of ether oxygens (including phenoxy) is 1. The third-order valence-electron chi connectivity index (χ3n) is 1.82. The SMILES string of the molecule is C=CCOC(=O)c1ccc(C(=O)NS)cc1. The molecule has 0 bridgehead atoms. The molecule has 0 spiro atoms. The molecular weight excluding hydrogens is 226 g/mol. The molecule has 0 saturated carbocycles. The second-order valence-electron chi connectivity index (χ2n) is 2.91. The van der Waals surface area contributed by atoms with E-state index >= 15 is 0 Å². The van der Waals surface area contributed by atoms with E-state index in [-0.39, 0.29) is 12.5 Å². The van der Waals surface area contributed by atoms with Crippen LogP contribution in [0, 0.1) is 0 Å². The minimum absolute atomic E-state index is 0.164. The van der Waals surface area contributed by atoms with Crippen LogP contribution >= 0.6 is 12.8 Å². The van der Waals surface area contributed by atoms with E-state index in [4.69, 9.17) is 4.74 Å². The fourth-order valence-electron chi connectivity index (χ4n) is 1.04. The van der Waals surface area contributed by atoms with E-state index in [0.717, 1.165) is 0 Å². The van der Waals surface area contributed by atoms with Gasteiger partial charge >= 0.3 is 5.97 Å². The number of benzene rings is 1. The van der Waals surface area contributed by atoms with E-state index in [2.05, 4.69) is 24.1 Å². The molecule has 5 heteroatoms. The van der Waals surface area contributed by atoms with Crippen molar-refractivity contribution in [3.8, 4) is 0 Å². The Balaban J connectivity index is 2.74. The maximum absolute atomic E-state index is 11.4. The molecule has 1 N–H and O–H groups in total. The second kappa shape index (κ2) is 5.97. The van der Waals surface area contributed by atoms with Crippen LogP contribution < -0.4 is 4.72 Å². The van der Waals surface area contributed by atoms with Crippen LogP contribution in [0.25, 0.3) is 0 Å². The van der Waals surface area contributed by atoms with Crippen molar-refractivity contribution >= 4 is 24.7 Å². The van der Waals surface area contributed by atoms with Crippen LogP contribution in [-0.4, -0.2) is 18.5 Å². The van der Waals surface area contributed by atoms with Crippen molar-refractivity contribution in [1.29, 1.82) is 0 Å². The number of carbonyl (C=O) groups is 2. The molecule has 0 heterocycles. The Bertz CT molecular complexity index is 400. The fourth-order valence-corrected chi connectivity index (χ4v) is 1.17. The van der Waals surface area contributed by atoms with Crippen molar-refractivity contribution in [1.82, 2.24) is 4.72 Å². The minimum Gasteiger partial charge on any atom is -0.458 e. The molecule has 0 aliphatic rings. The van der Waals surface area contributed by atoms with Crippen molar-refractivity contribution in [2.24, 2.45) is 0 Å². The summed E-state index contributed by atoms with van der Waals surface area (Å²) < 4.78 is 7.02. The van der Waals surface area contributed by atoms with E-state index in [1.807, 2.05) is 0 Å². The third-order valence-corrected chi connectivity index (χ3v) is 2.02. The number of nitrogens with one attached hydrogen (secondary N) is 1. The van der Waals surface area contributed by atoms with E-state index in [1.165, 1.54) is 30.3 Å². The highest BCUT2D eigenvalue weighted by Gasteiger charge is 2.08. The highest BCUT2D eigenvalue weighted by molar-refractivity contribution is 7.78. The minimum atomic E-state index is -0.447. The van der Waals surface area contributed by atoms with Gasteiger partial charge in [-0.25, -0.2) is 4.79 Å². The van der Waals surface area contributed by atoms with Gasteiger partial charge in [0.1, 0.15) is 6.61 Å². The molecule has 1 rings (SSSR count). The number of hydrogen-bond donors (Lipinski definition) is 2. The Hall–Kier alpha value is -1.75. The van der Waals surface area contributed by atoms with Crippen LogP contribution in [0.2, 0.25) is 0 Å². The smallest absolute Gasteiger partial charge is 0.338 e. The van der Waals surface area contributed by atoms with Gasteiger partial charge < -0.3 is 4.74 Å². The third kappa shape index (κ3) is 3.13. The van der Waals surface area contributed by atoms with Crippen LogP contribution in [-0.2, 0) is 4.74 Å². The van der Waals surface area contributed by atoms with Crippen molar-refractivity contribution in [2.75, 3.05) is 6.61 Å². The zero-order valence-electron chi connectivity index (χ0n) is 8.47. The first kappa shape index (κ1) is 12.3. The molecule has 0 aromatic heterocycles. The van der Waals surface area contributed by atoms with Gasteiger partial charge in [-0.05, 0) is 24.3 Å². The number of carbonyl (C=O) groups excluding carboxylic acids is 2. The maximum Gasteiger partial charge on any atom is 0.338 e. The predicted octanol–water partition coefficient (Wildman–Crippen LogP) is 1.60. The van der Waals surface area contributed by atoms with Crippen molar-refractivity contribution < 1.29 is 14.3 Å². The molecule has 0 unspecified atom stereocenters. The first-order valence-electron chi connectivity index (χ1n) is 4.51. The number of esters is 1. The topological polar surface area (TPSA) is 55.4 Å². The molecule has 0 aliphatic carbocycles. The summed E-state index contributed by atoms with van der Waals surface area (Å²) in [5, 5.41) is 0. The maximum atomic E-state index is 11.4. The van der Waals surface area contributed by atoms with Crippen LogP contribution in [0.4, 0.5) is 0 Å². The summed E-state index contributed by atoms with van der Waals surface area (Å²) in [6.45, 7) is 3.60. The standard InChI is InChI=1S/C11H11NO3S/c1-2-7-15-11(14)9-5-3-8(4-6-9)10(13)12-16/h2-6,16H,1,7H2,(H,12,13). The fraction of sp³-hybridized carbons (Fsp3) is 0.0909. The Labute approximate surface area is 98.8 Å². The van der Waals surface area contributed by atoms with Gasteiger partial charge in [-0.3, -0.25) is 9.52 Å². The molecule has 4 nitrogen and oxygen atoms in total. The highest BCUT2D eigenvalue weighted by Crippen LogP contribution is 2.06. The number of amides is 1. The molecule has 0 atom stereocenters. The first-order valence-corrected chi connectivity index (χ1v) is 4.96. The summed E-state index contributed by atoms with van der Waals surface area (Å²) >= 11 is 3.64. The van der Waals surface area contributed by atoms with E-state index in [1.54, 1.807) is 0 Å². The summed E-state index contributed by atoms with van der Waals surface area (Å²) in [6, 6.07) is 6.08. The zero-order chi connectivity index (χ0) is 12.0. The first-order chi connectivity index (χ1) is 7.69. The summed E-state index contributed by atoms with van der Waals surface area (Å²) in [6.07, 6.45) is 1.49. The summed E-state index contributed by atoms with van der Waals surface area (Å²) in [5.74, 6) is -0.771. The van der Waals surface area contributed by atoms with Gasteiger partial charge in [0.05, 0.1) is 5.56 Å². The lowest BCUT2D eigenvalue weighted by atomic mass is 10.1. The van der Waals surface area contributed by atoms with E-state index < -0.39 is 5.97 Å². The van der Waals surface area contributed by atoms with Crippen molar-refractivity contribution in [2.45, 2.75) is 0 Å². The zero-order valence-corrected chi connectivity index (χ0v) is 9.37. The normalized spacial score (nSPS) is 9.31. The summed E-state index contributed by atoms with van der Waals surface area (Å²) in [7, 11) is 0. The van der Waals surface area contributed by atoms with Crippen LogP contribution in [0.3, 0.4) is 0 Å². The number of rotatable bonds is 4. The van der Waals surface area contributed by atoms with Gasteiger partial charge in [-0.2, -0.15) is 0 Å². The van der Waals surface area contributed by atoms with E-state index in [9.17, 15) is 9.59 Å². The lowest BCUT2D eigenvalue weighted by molar-refractivity contribution is 0.0549. The molecule has 0 radical (unpaired) electrons. The highest BCUT2D eigenvalue weighted by atomic mass is 32.1. The van der Waals surface area contributed by atoms with Gasteiger partial charge in [0.25, 0.3) is 5.91 Å². The largest absolute Gasteiger partial charge is 0.458 e. The molecular formula is C11H11NO3S. The average Bonchev–Trinajstić information content (AvgIpc) is 2.35. The quantitative estimate of drug-likeness (QED) is 0.475. The Morgan fingerprint density at radius 3 is 2.38 bits per heavy atom. The molecule has 1 aromatic rings. The molecule has 0 saturated heterocycles. The van der Waals surface area contributed by atoms with Gasteiger partial charge in [-0.1, -0.05) is 25.5 Å².